The SMILES string of the molecule is O=C(Nc1cccc(Cl)c1)c1cc(Cl)ncc1Cl. The van der Waals surface area contributed by atoms with E-state index in [0.29, 0.717) is 10.7 Å². The molecular formula is C12H7Cl3N2O. The summed E-state index contributed by atoms with van der Waals surface area (Å²) in [6.07, 6.45) is 1.33. The van der Waals surface area contributed by atoms with E-state index in [1.54, 1.807) is 24.3 Å². The molecule has 92 valence electrons. The number of rotatable bonds is 2. The van der Waals surface area contributed by atoms with Gasteiger partial charge in [0.1, 0.15) is 5.15 Å². The van der Waals surface area contributed by atoms with E-state index in [2.05, 4.69) is 10.3 Å². The van der Waals surface area contributed by atoms with E-state index < -0.39 is 0 Å². The van der Waals surface area contributed by atoms with Crippen molar-refractivity contribution >= 4 is 46.4 Å². The van der Waals surface area contributed by atoms with Crippen LogP contribution in [0.15, 0.2) is 36.5 Å². The smallest absolute Gasteiger partial charge is 0.257 e. The number of hydrogen-bond acceptors (Lipinski definition) is 2. The molecule has 0 unspecified atom stereocenters. The van der Waals surface area contributed by atoms with Crippen LogP contribution in [0.4, 0.5) is 5.69 Å². The number of nitrogens with zero attached hydrogens (tertiary/aromatic N) is 1. The summed E-state index contributed by atoms with van der Waals surface area (Å²) in [7, 11) is 0. The zero-order valence-electron chi connectivity index (χ0n) is 8.95. The minimum absolute atomic E-state index is 0.204. The number of hydrogen-bond donors (Lipinski definition) is 1. The number of carbonyl (C=O) groups is 1. The number of aromatic nitrogens is 1. The molecule has 1 N–H and O–H groups in total. The molecule has 0 atom stereocenters. The molecule has 0 fully saturated rings. The van der Waals surface area contributed by atoms with Gasteiger partial charge in [0.05, 0.1) is 10.6 Å². The predicted molar refractivity (Wildman–Crippen MR) is 73.7 cm³/mol. The van der Waals surface area contributed by atoms with Crippen molar-refractivity contribution in [2.45, 2.75) is 0 Å². The first-order valence-corrected chi connectivity index (χ1v) is 6.07. The number of halogens is 3. The Hall–Kier alpha value is -1.29. The van der Waals surface area contributed by atoms with Gasteiger partial charge in [-0.15, -0.1) is 0 Å². The van der Waals surface area contributed by atoms with Gasteiger partial charge in [0.25, 0.3) is 5.91 Å². The van der Waals surface area contributed by atoms with Gasteiger partial charge in [-0.05, 0) is 24.3 Å². The van der Waals surface area contributed by atoms with E-state index in [-0.39, 0.29) is 21.6 Å². The van der Waals surface area contributed by atoms with Gasteiger partial charge in [-0.25, -0.2) is 4.98 Å². The van der Waals surface area contributed by atoms with Crippen LogP contribution < -0.4 is 5.32 Å². The van der Waals surface area contributed by atoms with Crippen LogP contribution in [0.2, 0.25) is 15.2 Å². The Bertz CT molecular complexity index is 602. The van der Waals surface area contributed by atoms with Crippen LogP contribution in [0.25, 0.3) is 0 Å². The molecule has 6 heteroatoms. The molecule has 1 aromatic heterocycles. The molecule has 1 aromatic carbocycles. The molecule has 0 bridgehead atoms. The highest BCUT2D eigenvalue weighted by Gasteiger charge is 2.12. The maximum atomic E-state index is 12.0. The monoisotopic (exact) mass is 300 g/mol. The Labute approximate surface area is 119 Å². The second kappa shape index (κ2) is 5.57. The van der Waals surface area contributed by atoms with Crippen molar-refractivity contribution in [1.29, 1.82) is 0 Å². The van der Waals surface area contributed by atoms with E-state index in [4.69, 9.17) is 34.8 Å². The molecule has 3 nitrogen and oxygen atoms in total. The highest BCUT2D eigenvalue weighted by atomic mass is 35.5. The first-order chi connectivity index (χ1) is 8.56. The lowest BCUT2D eigenvalue weighted by molar-refractivity contribution is 0.102. The summed E-state index contributed by atoms with van der Waals surface area (Å²) < 4.78 is 0. The zero-order chi connectivity index (χ0) is 13.1. The van der Waals surface area contributed by atoms with E-state index >= 15 is 0 Å². The maximum Gasteiger partial charge on any atom is 0.257 e. The highest BCUT2D eigenvalue weighted by molar-refractivity contribution is 6.35. The summed E-state index contributed by atoms with van der Waals surface area (Å²) in [5.41, 5.74) is 0.841. The Kier molecular flexibility index (Phi) is 4.07. The van der Waals surface area contributed by atoms with Gasteiger partial charge in [-0.3, -0.25) is 4.79 Å². The van der Waals surface area contributed by atoms with Gasteiger partial charge in [0, 0.05) is 16.9 Å². The molecule has 2 aromatic rings. The molecule has 1 amide bonds. The first-order valence-electron chi connectivity index (χ1n) is 4.94. The van der Waals surface area contributed by atoms with Gasteiger partial charge >= 0.3 is 0 Å². The summed E-state index contributed by atoms with van der Waals surface area (Å²) in [5.74, 6) is -0.369. The fourth-order valence-electron chi connectivity index (χ4n) is 1.35. The van der Waals surface area contributed by atoms with Crippen molar-refractivity contribution < 1.29 is 4.79 Å². The molecule has 0 aliphatic rings. The van der Waals surface area contributed by atoms with E-state index in [1.165, 1.54) is 12.3 Å². The number of benzene rings is 1. The van der Waals surface area contributed by atoms with Crippen molar-refractivity contribution in [3.8, 4) is 0 Å². The van der Waals surface area contributed by atoms with Crippen molar-refractivity contribution in [2.24, 2.45) is 0 Å². The minimum Gasteiger partial charge on any atom is -0.322 e. The average molecular weight is 302 g/mol. The van der Waals surface area contributed by atoms with Gasteiger partial charge < -0.3 is 5.32 Å². The van der Waals surface area contributed by atoms with Crippen molar-refractivity contribution in [3.63, 3.8) is 0 Å². The third kappa shape index (κ3) is 3.13. The molecule has 2 rings (SSSR count). The highest BCUT2D eigenvalue weighted by Crippen LogP contribution is 2.21. The van der Waals surface area contributed by atoms with Gasteiger partial charge in [0.2, 0.25) is 0 Å². The van der Waals surface area contributed by atoms with Crippen LogP contribution >= 0.6 is 34.8 Å². The number of pyridine rings is 1. The lowest BCUT2D eigenvalue weighted by Gasteiger charge is -2.07. The Morgan fingerprint density at radius 2 is 1.94 bits per heavy atom. The average Bonchev–Trinajstić information content (AvgIpc) is 2.32. The molecule has 0 radical (unpaired) electrons. The topological polar surface area (TPSA) is 42.0 Å². The number of nitrogens with one attached hydrogen (secondary N) is 1. The predicted octanol–water partition coefficient (Wildman–Crippen LogP) is 4.29. The second-order valence-electron chi connectivity index (χ2n) is 3.45. The number of carbonyl (C=O) groups excluding carboxylic acids is 1. The Balaban J connectivity index is 2.24. The van der Waals surface area contributed by atoms with Gasteiger partial charge in [-0.2, -0.15) is 0 Å². The summed E-state index contributed by atoms with van der Waals surface area (Å²) in [6.45, 7) is 0. The van der Waals surface area contributed by atoms with Crippen molar-refractivity contribution in [2.75, 3.05) is 5.32 Å². The molecule has 18 heavy (non-hydrogen) atoms. The zero-order valence-corrected chi connectivity index (χ0v) is 11.2. The fraction of sp³-hybridized carbons (Fsp3) is 0. The molecule has 1 heterocycles. The Morgan fingerprint density at radius 1 is 1.17 bits per heavy atom. The summed E-state index contributed by atoms with van der Waals surface area (Å²) in [6, 6.07) is 8.22. The molecular weight excluding hydrogens is 295 g/mol. The van der Waals surface area contributed by atoms with Crippen LogP contribution in [-0.4, -0.2) is 10.9 Å². The lowest BCUT2D eigenvalue weighted by atomic mass is 10.2. The first kappa shape index (κ1) is 13.1. The summed E-state index contributed by atoms with van der Waals surface area (Å²) in [5, 5.41) is 3.65. The van der Waals surface area contributed by atoms with Crippen LogP contribution in [0.1, 0.15) is 10.4 Å². The maximum absolute atomic E-state index is 12.0. The quantitative estimate of drug-likeness (QED) is 0.841. The van der Waals surface area contributed by atoms with Crippen LogP contribution in [0.3, 0.4) is 0 Å². The van der Waals surface area contributed by atoms with E-state index in [1.807, 2.05) is 0 Å². The van der Waals surface area contributed by atoms with E-state index in [0.717, 1.165) is 0 Å². The van der Waals surface area contributed by atoms with Gasteiger partial charge in [-0.1, -0.05) is 40.9 Å². The second-order valence-corrected chi connectivity index (χ2v) is 4.68. The van der Waals surface area contributed by atoms with Crippen molar-refractivity contribution in [3.05, 3.63) is 57.3 Å². The van der Waals surface area contributed by atoms with Crippen molar-refractivity contribution in [1.82, 2.24) is 4.98 Å². The standard InChI is InChI=1S/C12H7Cl3N2O/c13-7-2-1-3-8(4-7)17-12(18)9-5-11(15)16-6-10(9)14/h1-6H,(H,17,18). The van der Waals surface area contributed by atoms with E-state index in [9.17, 15) is 4.79 Å². The van der Waals surface area contributed by atoms with Crippen LogP contribution in [0, 0.1) is 0 Å². The molecule has 0 saturated carbocycles. The van der Waals surface area contributed by atoms with Crippen LogP contribution in [-0.2, 0) is 0 Å². The largest absolute Gasteiger partial charge is 0.322 e. The fourth-order valence-corrected chi connectivity index (χ4v) is 1.89. The Morgan fingerprint density at radius 3 is 2.67 bits per heavy atom. The third-order valence-electron chi connectivity index (χ3n) is 2.15. The number of anilines is 1. The molecule has 0 saturated heterocycles. The van der Waals surface area contributed by atoms with Crippen LogP contribution in [0.5, 0.6) is 0 Å². The third-order valence-corrected chi connectivity index (χ3v) is 2.89. The van der Waals surface area contributed by atoms with Gasteiger partial charge in [0.15, 0.2) is 0 Å². The minimum atomic E-state index is -0.369. The molecule has 0 spiro atoms. The summed E-state index contributed by atoms with van der Waals surface area (Å²) >= 11 is 17.4. The molecule has 0 aliphatic heterocycles. The summed E-state index contributed by atoms with van der Waals surface area (Å²) in [4.78, 5) is 15.7. The molecule has 0 aliphatic carbocycles. The lowest BCUT2D eigenvalue weighted by Crippen LogP contribution is -2.12. The normalized spacial score (nSPS) is 10.2. The number of amides is 1.